The summed E-state index contributed by atoms with van der Waals surface area (Å²) in [7, 11) is 0. The van der Waals surface area contributed by atoms with E-state index in [0.717, 1.165) is 0 Å². The molecule has 1 heterocycles. The van der Waals surface area contributed by atoms with Crippen LogP contribution in [0.1, 0.15) is 25.6 Å². The minimum atomic E-state index is 0.0312. The molecule has 0 unspecified atom stereocenters. The summed E-state index contributed by atoms with van der Waals surface area (Å²) in [5, 5.41) is 11.9. The van der Waals surface area contributed by atoms with Gasteiger partial charge in [-0.25, -0.2) is 5.48 Å². The molecule has 0 fully saturated rings. The minimum Gasteiger partial charge on any atom is -0.313 e. The quantitative estimate of drug-likeness (QED) is 0.604. The van der Waals surface area contributed by atoms with Crippen molar-refractivity contribution in [1.82, 2.24) is 10.1 Å². The Hall–Kier alpha value is -1.10. The number of rotatable bonds is 2. The number of hydrogen-bond donors (Lipinski definition) is 2. The van der Waals surface area contributed by atoms with Crippen molar-refractivity contribution >= 4 is 6.01 Å². The third-order valence-electron chi connectivity index (χ3n) is 1.05. The largest absolute Gasteiger partial charge is 0.345 e. The fourth-order valence-corrected chi connectivity index (χ4v) is 0.515. The molecule has 0 saturated heterocycles. The van der Waals surface area contributed by atoms with Gasteiger partial charge in [-0.1, -0.05) is 19.0 Å². The second-order valence-corrected chi connectivity index (χ2v) is 2.22. The van der Waals surface area contributed by atoms with Gasteiger partial charge >= 0.3 is 6.01 Å². The van der Waals surface area contributed by atoms with Crippen LogP contribution in [-0.2, 0) is 0 Å². The Morgan fingerprint density at radius 1 is 1.60 bits per heavy atom. The highest BCUT2D eigenvalue weighted by Gasteiger charge is 2.07. The molecule has 0 aliphatic carbocycles. The maximum absolute atomic E-state index is 8.29. The van der Waals surface area contributed by atoms with Crippen molar-refractivity contribution in [1.29, 1.82) is 0 Å². The molecule has 0 spiro atoms. The van der Waals surface area contributed by atoms with Gasteiger partial charge in [0, 0.05) is 5.92 Å². The van der Waals surface area contributed by atoms with E-state index in [9.17, 15) is 0 Å². The van der Waals surface area contributed by atoms with Crippen LogP contribution >= 0.6 is 0 Å². The summed E-state index contributed by atoms with van der Waals surface area (Å²) in [6.07, 6.45) is 0. The molecule has 10 heavy (non-hydrogen) atoms. The molecular weight excluding hydrogens is 134 g/mol. The van der Waals surface area contributed by atoms with Crippen LogP contribution in [0.2, 0.25) is 0 Å². The van der Waals surface area contributed by atoms with Gasteiger partial charge in [-0.15, -0.1) is 0 Å². The molecule has 0 aromatic carbocycles. The molecule has 0 bridgehead atoms. The summed E-state index contributed by atoms with van der Waals surface area (Å²) in [6.45, 7) is 3.87. The molecule has 1 aromatic heterocycles. The van der Waals surface area contributed by atoms with Gasteiger partial charge in [-0.05, 0) is 0 Å². The number of hydrogen-bond acceptors (Lipinski definition) is 5. The Morgan fingerprint density at radius 3 is 2.60 bits per heavy atom. The zero-order chi connectivity index (χ0) is 7.56. The first-order valence-electron chi connectivity index (χ1n) is 2.97. The zero-order valence-corrected chi connectivity index (χ0v) is 5.83. The van der Waals surface area contributed by atoms with Gasteiger partial charge < -0.3 is 4.52 Å². The molecular formula is C5H9N3O2. The summed E-state index contributed by atoms with van der Waals surface area (Å²) < 4.78 is 4.55. The summed E-state index contributed by atoms with van der Waals surface area (Å²) in [5.74, 6) is 0.794. The lowest BCUT2D eigenvalue weighted by atomic mass is 10.2. The van der Waals surface area contributed by atoms with Crippen LogP contribution in [0.5, 0.6) is 0 Å². The van der Waals surface area contributed by atoms with Crippen LogP contribution in [0.4, 0.5) is 6.01 Å². The predicted molar refractivity (Wildman–Crippen MR) is 33.8 cm³/mol. The molecule has 0 amide bonds. The highest BCUT2D eigenvalue weighted by Crippen LogP contribution is 2.11. The summed E-state index contributed by atoms with van der Waals surface area (Å²) in [5.41, 5.74) is 1.76. The van der Waals surface area contributed by atoms with Gasteiger partial charge in [0.15, 0.2) is 5.82 Å². The minimum absolute atomic E-state index is 0.0312. The van der Waals surface area contributed by atoms with Crippen molar-refractivity contribution in [3.8, 4) is 0 Å². The topological polar surface area (TPSA) is 71.2 Å². The first kappa shape index (κ1) is 7.01. The van der Waals surface area contributed by atoms with Gasteiger partial charge in [0.25, 0.3) is 0 Å². The highest BCUT2D eigenvalue weighted by molar-refractivity contribution is 5.13. The fourth-order valence-electron chi connectivity index (χ4n) is 0.515. The molecule has 1 rings (SSSR count). The number of nitrogens with zero attached hydrogens (tertiary/aromatic N) is 2. The summed E-state index contributed by atoms with van der Waals surface area (Å²) in [4.78, 5) is 3.79. The molecule has 0 atom stereocenters. The fraction of sp³-hybridized carbons (Fsp3) is 0.600. The summed E-state index contributed by atoms with van der Waals surface area (Å²) in [6, 6.07) is 0.0312. The van der Waals surface area contributed by atoms with Crippen LogP contribution < -0.4 is 5.48 Å². The lowest BCUT2D eigenvalue weighted by Gasteiger charge is -1.91. The third kappa shape index (κ3) is 1.24. The van der Waals surface area contributed by atoms with Crippen LogP contribution in [0, 0.1) is 0 Å². The van der Waals surface area contributed by atoms with E-state index in [0.29, 0.717) is 5.82 Å². The zero-order valence-electron chi connectivity index (χ0n) is 5.83. The van der Waals surface area contributed by atoms with E-state index in [1.807, 2.05) is 13.8 Å². The lowest BCUT2D eigenvalue weighted by molar-refractivity contribution is 0.332. The lowest BCUT2D eigenvalue weighted by Crippen LogP contribution is -1.91. The Balaban J connectivity index is 2.78. The predicted octanol–water partition coefficient (Wildman–Crippen LogP) is 0.994. The molecule has 0 saturated carbocycles. The monoisotopic (exact) mass is 143 g/mol. The van der Waals surface area contributed by atoms with E-state index < -0.39 is 0 Å². The van der Waals surface area contributed by atoms with E-state index in [-0.39, 0.29) is 11.9 Å². The maximum atomic E-state index is 8.29. The van der Waals surface area contributed by atoms with E-state index in [4.69, 9.17) is 5.21 Å². The van der Waals surface area contributed by atoms with Gasteiger partial charge in [-0.2, -0.15) is 4.98 Å². The Morgan fingerprint density at radius 2 is 2.30 bits per heavy atom. The van der Waals surface area contributed by atoms with E-state index in [2.05, 4.69) is 14.7 Å². The molecule has 0 aliphatic heterocycles. The number of nitrogens with one attached hydrogen (secondary N) is 1. The van der Waals surface area contributed by atoms with E-state index in [1.165, 1.54) is 0 Å². The molecule has 56 valence electrons. The van der Waals surface area contributed by atoms with E-state index >= 15 is 0 Å². The highest BCUT2D eigenvalue weighted by atomic mass is 16.5. The second kappa shape index (κ2) is 2.66. The normalized spacial score (nSPS) is 10.4. The van der Waals surface area contributed by atoms with Crippen molar-refractivity contribution in [3.05, 3.63) is 5.82 Å². The average Bonchev–Trinajstić information content (AvgIpc) is 2.34. The SMILES string of the molecule is CC(C)c1noc(NO)n1. The number of aromatic nitrogens is 2. The standard InChI is InChI=1S/C5H9N3O2/c1-3(2)4-6-5(7-9)10-8-4/h3,9H,1-2H3,(H,6,7,8). The molecule has 1 aromatic rings. The molecule has 0 aliphatic rings. The Labute approximate surface area is 58.0 Å². The Bertz CT molecular complexity index is 208. The molecule has 0 radical (unpaired) electrons. The van der Waals surface area contributed by atoms with Crippen molar-refractivity contribution < 1.29 is 9.73 Å². The van der Waals surface area contributed by atoms with Crippen LogP contribution in [-0.4, -0.2) is 15.3 Å². The van der Waals surface area contributed by atoms with Gasteiger partial charge in [0.1, 0.15) is 0 Å². The molecule has 5 heteroatoms. The van der Waals surface area contributed by atoms with Gasteiger partial charge in [0.05, 0.1) is 0 Å². The van der Waals surface area contributed by atoms with Crippen molar-refractivity contribution in [2.45, 2.75) is 19.8 Å². The van der Waals surface area contributed by atoms with Crippen molar-refractivity contribution in [3.63, 3.8) is 0 Å². The average molecular weight is 143 g/mol. The molecule has 5 nitrogen and oxygen atoms in total. The Kier molecular flexibility index (Phi) is 1.86. The number of anilines is 1. The van der Waals surface area contributed by atoms with Crippen molar-refractivity contribution in [2.75, 3.05) is 5.48 Å². The van der Waals surface area contributed by atoms with Gasteiger partial charge in [-0.3, -0.25) is 5.21 Å². The summed E-state index contributed by atoms with van der Waals surface area (Å²) >= 11 is 0. The van der Waals surface area contributed by atoms with Crippen LogP contribution in [0.25, 0.3) is 0 Å². The smallest absolute Gasteiger partial charge is 0.313 e. The van der Waals surface area contributed by atoms with Crippen molar-refractivity contribution in [2.24, 2.45) is 0 Å². The van der Waals surface area contributed by atoms with Crippen LogP contribution in [0.15, 0.2) is 4.52 Å². The first-order valence-corrected chi connectivity index (χ1v) is 2.97. The first-order chi connectivity index (χ1) is 4.74. The third-order valence-corrected chi connectivity index (χ3v) is 1.05. The van der Waals surface area contributed by atoms with E-state index in [1.54, 1.807) is 5.48 Å². The van der Waals surface area contributed by atoms with Crippen LogP contribution in [0.3, 0.4) is 0 Å². The maximum Gasteiger partial charge on any atom is 0.345 e. The molecule has 2 N–H and O–H groups in total. The van der Waals surface area contributed by atoms with Gasteiger partial charge in [0.2, 0.25) is 0 Å². The second-order valence-electron chi connectivity index (χ2n) is 2.22.